The predicted molar refractivity (Wildman–Crippen MR) is 73.7 cm³/mol. The van der Waals surface area contributed by atoms with Gasteiger partial charge in [-0.15, -0.1) is 5.10 Å². The molecule has 1 heterocycles. The molecule has 0 aliphatic carbocycles. The first kappa shape index (κ1) is 13.5. The number of rotatable bonds is 4. The first-order valence-corrected chi connectivity index (χ1v) is 6.43. The Morgan fingerprint density at radius 1 is 1.53 bits per heavy atom. The van der Waals surface area contributed by atoms with Gasteiger partial charge in [-0.05, 0) is 18.1 Å². The molecular weight excluding hydrogens is 314 g/mol. The highest BCUT2D eigenvalue weighted by Crippen LogP contribution is 2.24. The Morgan fingerprint density at radius 2 is 2.26 bits per heavy atom. The van der Waals surface area contributed by atoms with Crippen molar-refractivity contribution in [3.63, 3.8) is 0 Å². The number of aromatic nitrogens is 3. The minimum absolute atomic E-state index is 0.0458. The lowest BCUT2D eigenvalue weighted by atomic mass is 10.2. The lowest BCUT2D eigenvalue weighted by molar-refractivity contribution is -0.384. The summed E-state index contributed by atoms with van der Waals surface area (Å²) in [5, 5.41) is 18.5. The van der Waals surface area contributed by atoms with Gasteiger partial charge in [-0.25, -0.2) is 4.68 Å². The van der Waals surface area contributed by atoms with Gasteiger partial charge in [0.15, 0.2) is 5.82 Å². The zero-order valence-electron chi connectivity index (χ0n) is 10.2. The fourth-order valence-electron chi connectivity index (χ4n) is 1.78. The highest BCUT2D eigenvalue weighted by Gasteiger charge is 2.12. The van der Waals surface area contributed by atoms with E-state index in [2.05, 4.69) is 26.2 Å². The van der Waals surface area contributed by atoms with Crippen molar-refractivity contribution in [1.82, 2.24) is 15.0 Å². The Labute approximate surface area is 117 Å². The number of nitrogens with two attached hydrogens (primary N) is 1. The molecule has 1 aromatic heterocycles. The maximum absolute atomic E-state index is 10.7. The van der Waals surface area contributed by atoms with Crippen molar-refractivity contribution in [3.8, 4) is 0 Å². The van der Waals surface area contributed by atoms with Crippen molar-refractivity contribution in [1.29, 1.82) is 0 Å². The number of nitro groups is 1. The van der Waals surface area contributed by atoms with Gasteiger partial charge in [0.25, 0.3) is 5.69 Å². The smallest absolute Gasteiger partial charge is 0.270 e. The topological polar surface area (TPSA) is 99.9 Å². The molecule has 0 radical (unpaired) electrons. The fourth-order valence-corrected chi connectivity index (χ4v) is 2.27. The summed E-state index contributed by atoms with van der Waals surface area (Å²) in [6, 6.07) is 4.63. The number of hydrogen-bond acceptors (Lipinski definition) is 5. The minimum Gasteiger partial charge on any atom is -0.381 e. The molecule has 2 aromatic rings. The summed E-state index contributed by atoms with van der Waals surface area (Å²) >= 11 is 3.33. The summed E-state index contributed by atoms with van der Waals surface area (Å²) < 4.78 is 2.36. The first-order chi connectivity index (χ1) is 9.02. The summed E-state index contributed by atoms with van der Waals surface area (Å²) in [6.45, 7) is 2.43. The molecule has 8 heteroatoms. The monoisotopic (exact) mass is 325 g/mol. The lowest BCUT2D eigenvalue weighted by Crippen LogP contribution is -2.07. The molecule has 0 saturated carbocycles. The van der Waals surface area contributed by atoms with Crippen LogP contribution in [0.4, 0.5) is 11.5 Å². The molecule has 7 nitrogen and oxygen atoms in total. The standard InChI is InChI=1S/C11H12BrN5O2/c1-2-10-11(13)14-15-16(10)6-7-3-4-8(17(18)19)5-9(7)12/h3-5H,2,6,13H2,1H3. The van der Waals surface area contributed by atoms with E-state index >= 15 is 0 Å². The van der Waals surface area contributed by atoms with Crippen LogP contribution in [0.1, 0.15) is 18.2 Å². The number of nitrogen functional groups attached to an aromatic ring is 1. The normalized spacial score (nSPS) is 10.6. The molecule has 2 N–H and O–H groups in total. The van der Waals surface area contributed by atoms with Gasteiger partial charge >= 0.3 is 0 Å². The summed E-state index contributed by atoms with van der Waals surface area (Å²) in [4.78, 5) is 10.2. The molecule has 0 saturated heterocycles. The molecular formula is C11H12BrN5O2. The highest BCUT2D eigenvalue weighted by atomic mass is 79.9. The van der Waals surface area contributed by atoms with Crippen LogP contribution in [0.25, 0.3) is 0 Å². The van der Waals surface area contributed by atoms with E-state index in [9.17, 15) is 10.1 Å². The molecule has 0 fully saturated rings. The average Bonchev–Trinajstić information content (AvgIpc) is 2.72. The van der Waals surface area contributed by atoms with Crippen molar-refractivity contribution in [2.45, 2.75) is 19.9 Å². The maximum Gasteiger partial charge on any atom is 0.270 e. The summed E-state index contributed by atoms with van der Waals surface area (Å²) in [5.74, 6) is 0.417. The first-order valence-electron chi connectivity index (χ1n) is 5.63. The molecule has 0 aliphatic heterocycles. The number of non-ortho nitro benzene ring substituents is 1. The van der Waals surface area contributed by atoms with Crippen LogP contribution in [-0.2, 0) is 13.0 Å². The van der Waals surface area contributed by atoms with Gasteiger partial charge in [-0.1, -0.05) is 28.1 Å². The van der Waals surface area contributed by atoms with Gasteiger partial charge in [0.1, 0.15) is 0 Å². The van der Waals surface area contributed by atoms with E-state index in [0.717, 1.165) is 17.7 Å². The van der Waals surface area contributed by atoms with E-state index in [1.54, 1.807) is 10.7 Å². The largest absolute Gasteiger partial charge is 0.381 e. The van der Waals surface area contributed by atoms with Crippen LogP contribution in [-0.4, -0.2) is 19.9 Å². The number of nitrogens with zero attached hydrogens (tertiary/aromatic N) is 4. The second-order valence-corrected chi connectivity index (χ2v) is 4.82. The minimum atomic E-state index is -0.431. The van der Waals surface area contributed by atoms with E-state index in [1.807, 2.05) is 6.92 Å². The van der Waals surface area contributed by atoms with E-state index < -0.39 is 4.92 Å². The molecule has 0 atom stereocenters. The maximum atomic E-state index is 10.7. The van der Waals surface area contributed by atoms with Gasteiger partial charge in [0.2, 0.25) is 0 Å². The van der Waals surface area contributed by atoms with E-state index in [4.69, 9.17) is 5.73 Å². The summed E-state index contributed by atoms with van der Waals surface area (Å²) in [6.07, 6.45) is 0.726. The highest BCUT2D eigenvalue weighted by molar-refractivity contribution is 9.10. The Hall–Kier alpha value is -1.96. The van der Waals surface area contributed by atoms with Crippen LogP contribution < -0.4 is 5.73 Å². The summed E-state index contributed by atoms with van der Waals surface area (Å²) in [7, 11) is 0. The number of anilines is 1. The van der Waals surface area contributed by atoms with Crippen LogP contribution in [0.15, 0.2) is 22.7 Å². The Kier molecular flexibility index (Phi) is 3.79. The Bertz CT molecular complexity index is 626. The van der Waals surface area contributed by atoms with Crippen LogP contribution in [0.3, 0.4) is 0 Å². The van der Waals surface area contributed by atoms with Gasteiger partial charge in [-0.2, -0.15) is 0 Å². The Morgan fingerprint density at radius 3 is 2.84 bits per heavy atom. The van der Waals surface area contributed by atoms with Crippen molar-refractivity contribution < 1.29 is 4.92 Å². The molecule has 0 aliphatic rings. The second-order valence-electron chi connectivity index (χ2n) is 3.97. The average molecular weight is 326 g/mol. The van der Waals surface area contributed by atoms with E-state index in [-0.39, 0.29) is 5.69 Å². The van der Waals surface area contributed by atoms with E-state index in [0.29, 0.717) is 16.8 Å². The molecule has 0 spiro atoms. The zero-order chi connectivity index (χ0) is 14.0. The zero-order valence-corrected chi connectivity index (χ0v) is 11.8. The van der Waals surface area contributed by atoms with Gasteiger partial charge in [0.05, 0.1) is 17.2 Å². The van der Waals surface area contributed by atoms with Crippen LogP contribution in [0.5, 0.6) is 0 Å². The predicted octanol–water partition coefficient (Wildman–Crippen LogP) is 2.14. The molecule has 0 bridgehead atoms. The lowest BCUT2D eigenvalue weighted by Gasteiger charge is -2.07. The van der Waals surface area contributed by atoms with E-state index in [1.165, 1.54) is 12.1 Å². The molecule has 2 rings (SSSR count). The van der Waals surface area contributed by atoms with Gasteiger partial charge in [0, 0.05) is 16.6 Å². The Balaban J connectivity index is 2.31. The number of hydrogen-bond donors (Lipinski definition) is 1. The fraction of sp³-hybridized carbons (Fsp3) is 0.273. The van der Waals surface area contributed by atoms with Crippen LogP contribution >= 0.6 is 15.9 Å². The van der Waals surface area contributed by atoms with Crippen molar-refractivity contribution in [3.05, 3.63) is 44.0 Å². The number of benzene rings is 1. The molecule has 19 heavy (non-hydrogen) atoms. The molecule has 0 unspecified atom stereocenters. The molecule has 100 valence electrons. The quantitative estimate of drug-likeness (QED) is 0.685. The second kappa shape index (κ2) is 5.35. The SMILES string of the molecule is CCc1c(N)nnn1Cc1ccc([N+](=O)[O-])cc1Br. The third kappa shape index (κ3) is 2.73. The van der Waals surface area contributed by atoms with Crippen molar-refractivity contribution in [2.75, 3.05) is 5.73 Å². The van der Waals surface area contributed by atoms with Gasteiger partial charge in [-0.3, -0.25) is 10.1 Å². The molecule has 0 amide bonds. The van der Waals surface area contributed by atoms with Gasteiger partial charge < -0.3 is 5.73 Å². The van der Waals surface area contributed by atoms with Crippen LogP contribution in [0, 0.1) is 10.1 Å². The van der Waals surface area contributed by atoms with Crippen molar-refractivity contribution >= 4 is 27.4 Å². The summed E-state index contributed by atoms with van der Waals surface area (Å²) in [5.41, 5.74) is 7.49. The number of nitro benzene ring substituents is 1. The van der Waals surface area contributed by atoms with Crippen molar-refractivity contribution in [2.24, 2.45) is 0 Å². The third-order valence-electron chi connectivity index (χ3n) is 2.77. The number of halogens is 1. The molecule has 1 aromatic carbocycles. The third-order valence-corrected chi connectivity index (χ3v) is 3.51. The van der Waals surface area contributed by atoms with Crippen LogP contribution in [0.2, 0.25) is 0 Å².